The lowest BCUT2D eigenvalue weighted by atomic mass is 10.0. The van der Waals surface area contributed by atoms with Gasteiger partial charge in [-0.2, -0.15) is 4.68 Å². The Hall–Kier alpha value is -5.21. The van der Waals surface area contributed by atoms with Crippen LogP contribution in [0.25, 0.3) is 16.7 Å². The Kier molecular flexibility index (Phi) is 8.84. The van der Waals surface area contributed by atoms with Gasteiger partial charge >= 0.3 is 0 Å². The topological polar surface area (TPSA) is 157 Å². The summed E-state index contributed by atoms with van der Waals surface area (Å²) in [6, 6.07) is 29.0. The highest BCUT2D eigenvalue weighted by atomic mass is 32.2. The fraction of sp³-hybridized carbons (Fsp3) is 0.176. The number of aliphatic hydroxyl groups excluding tert-OH is 1. The van der Waals surface area contributed by atoms with Crippen LogP contribution in [0.1, 0.15) is 46.0 Å². The van der Waals surface area contributed by atoms with E-state index in [1.165, 1.54) is 18.0 Å². The Bertz CT molecular complexity index is 1990. The molecule has 1 fully saturated rings. The smallest absolute Gasteiger partial charge is 0.275 e. The zero-order valence-corrected chi connectivity index (χ0v) is 25.7. The number of aromatic nitrogens is 6. The lowest BCUT2D eigenvalue weighted by Crippen LogP contribution is -2.31. The summed E-state index contributed by atoms with van der Waals surface area (Å²) in [6.45, 7) is -0.0388. The molecule has 13 heteroatoms. The molecule has 3 N–H and O–H groups in total. The molecule has 0 bridgehead atoms. The summed E-state index contributed by atoms with van der Waals surface area (Å²) in [5.41, 5.74) is 5.48. The summed E-state index contributed by atoms with van der Waals surface area (Å²) >= 11 is 1.46. The number of amides is 1. The molecule has 4 aromatic carbocycles. The molecular formula is C34H29N7O5S. The van der Waals surface area contributed by atoms with Gasteiger partial charge in [0.15, 0.2) is 6.29 Å². The SMILES string of the molecule is O=C(Nc1ccc([C@H]2O[C@@H](CSc3nnnn3-c3ccc(O)cc3)C[C@@H](c3ccc(CO)cc3)O2)cc1)c1cnc2ccccc2n1. The number of para-hydroxylation sites is 2. The zero-order valence-electron chi connectivity index (χ0n) is 24.9. The molecule has 0 spiro atoms. The number of tetrazole rings is 1. The molecule has 1 amide bonds. The van der Waals surface area contributed by atoms with E-state index < -0.39 is 6.29 Å². The minimum absolute atomic E-state index is 0.0388. The quantitative estimate of drug-likeness (QED) is 0.173. The number of aliphatic hydroxyl groups is 1. The number of fused-ring (bicyclic) bond motifs is 1. The molecule has 2 aromatic heterocycles. The standard InChI is InChI=1S/C34H29N7O5S/c42-19-21-5-7-22(8-6-21)31-17-27(20-47-34-38-39-40-41(34)25-13-15-26(43)16-14-25)45-33(46-31)23-9-11-24(12-10-23)36-32(44)30-18-35-28-3-1-2-4-29(28)37-30/h1-16,18,27,31,33,42-43H,17,19-20H2,(H,36,44)/t27-,31+,33+/m1/s1. The van der Waals surface area contributed by atoms with E-state index in [1.807, 2.05) is 60.7 Å². The van der Waals surface area contributed by atoms with Gasteiger partial charge in [0.05, 0.1) is 41.7 Å². The van der Waals surface area contributed by atoms with Crippen molar-refractivity contribution in [2.45, 2.75) is 36.7 Å². The summed E-state index contributed by atoms with van der Waals surface area (Å²) in [5, 5.41) is 34.8. The van der Waals surface area contributed by atoms with E-state index in [2.05, 4.69) is 30.8 Å². The first-order valence-corrected chi connectivity index (χ1v) is 15.9. The second kappa shape index (κ2) is 13.6. The van der Waals surface area contributed by atoms with Crippen LogP contribution in [0, 0.1) is 0 Å². The highest BCUT2D eigenvalue weighted by Gasteiger charge is 2.32. The number of anilines is 1. The Morgan fingerprint density at radius 2 is 1.66 bits per heavy atom. The molecule has 6 aromatic rings. The van der Waals surface area contributed by atoms with Crippen LogP contribution in [-0.2, 0) is 16.1 Å². The first-order valence-electron chi connectivity index (χ1n) is 14.9. The number of rotatable bonds is 9. The average Bonchev–Trinajstić information content (AvgIpc) is 3.60. The van der Waals surface area contributed by atoms with E-state index in [0.29, 0.717) is 28.5 Å². The van der Waals surface area contributed by atoms with Gasteiger partial charge in [-0.25, -0.2) is 4.98 Å². The van der Waals surface area contributed by atoms with Crippen molar-refractivity contribution < 1.29 is 24.5 Å². The average molecular weight is 648 g/mol. The van der Waals surface area contributed by atoms with Crippen molar-refractivity contribution in [3.8, 4) is 11.4 Å². The maximum absolute atomic E-state index is 12.9. The molecule has 1 aliphatic heterocycles. The van der Waals surface area contributed by atoms with Gasteiger partial charge < -0.3 is 25.0 Å². The monoisotopic (exact) mass is 647 g/mol. The number of hydrogen-bond donors (Lipinski definition) is 3. The van der Waals surface area contributed by atoms with E-state index in [9.17, 15) is 15.0 Å². The van der Waals surface area contributed by atoms with Gasteiger partial charge in [-0.1, -0.05) is 60.3 Å². The third-order valence-corrected chi connectivity index (χ3v) is 8.72. The molecular weight excluding hydrogens is 618 g/mol. The first-order chi connectivity index (χ1) is 23.0. The van der Waals surface area contributed by atoms with Crippen molar-refractivity contribution >= 4 is 34.4 Å². The molecule has 0 saturated carbocycles. The number of nitrogens with one attached hydrogen (secondary N) is 1. The summed E-state index contributed by atoms with van der Waals surface area (Å²) < 4.78 is 14.5. The van der Waals surface area contributed by atoms with Crippen LogP contribution in [0.3, 0.4) is 0 Å². The first kappa shape index (κ1) is 30.4. The van der Waals surface area contributed by atoms with Gasteiger partial charge in [-0.05, 0) is 70.1 Å². The largest absolute Gasteiger partial charge is 0.508 e. The molecule has 0 radical (unpaired) electrons. The van der Waals surface area contributed by atoms with Crippen molar-refractivity contribution in [2.75, 3.05) is 11.1 Å². The van der Waals surface area contributed by atoms with Gasteiger partial charge in [0.2, 0.25) is 5.16 Å². The zero-order chi connectivity index (χ0) is 32.2. The summed E-state index contributed by atoms with van der Waals surface area (Å²) in [4.78, 5) is 21.7. The number of phenolic OH excluding ortho intramolecular Hbond substituents is 1. The normalized spacial score (nSPS) is 17.9. The van der Waals surface area contributed by atoms with Crippen LogP contribution in [-0.4, -0.2) is 58.2 Å². The Labute approximate surface area is 273 Å². The van der Waals surface area contributed by atoms with Crippen LogP contribution < -0.4 is 5.32 Å². The van der Waals surface area contributed by atoms with Crippen LogP contribution in [0.4, 0.5) is 5.69 Å². The second-order valence-electron chi connectivity index (χ2n) is 10.9. The van der Waals surface area contributed by atoms with Gasteiger partial charge in [-0.3, -0.25) is 9.78 Å². The van der Waals surface area contributed by atoms with Crippen molar-refractivity contribution in [2.24, 2.45) is 0 Å². The van der Waals surface area contributed by atoms with Gasteiger partial charge in [0.25, 0.3) is 5.91 Å². The van der Waals surface area contributed by atoms with Crippen LogP contribution >= 0.6 is 11.8 Å². The molecule has 3 atom stereocenters. The lowest BCUT2D eigenvalue weighted by Gasteiger charge is -2.36. The Morgan fingerprint density at radius 3 is 2.43 bits per heavy atom. The van der Waals surface area contributed by atoms with Gasteiger partial charge in [0, 0.05) is 23.4 Å². The Morgan fingerprint density at radius 1 is 0.915 bits per heavy atom. The summed E-state index contributed by atoms with van der Waals surface area (Å²) in [7, 11) is 0. The number of phenols is 1. The maximum atomic E-state index is 12.9. The second-order valence-corrected chi connectivity index (χ2v) is 11.9. The predicted molar refractivity (Wildman–Crippen MR) is 174 cm³/mol. The summed E-state index contributed by atoms with van der Waals surface area (Å²) in [6.07, 6.45) is 0.873. The minimum Gasteiger partial charge on any atom is -0.508 e. The van der Waals surface area contributed by atoms with Gasteiger partial charge in [0.1, 0.15) is 11.4 Å². The Balaban J connectivity index is 1.07. The number of hydrogen-bond acceptors (Lipinski definition) is 11. The molecule has 236 valence electrons. The minimum atomic E-state index is -0.680. The van der Waals surface area contributed by atoms with Crippen molar-refractivity contribution in [1.29, 1.82) is 0 Å². The number of carbonyl (C=O) groups excluding carboxylic acids is 1. The van der Waals surface area contributed by atoms with E-state index in [4.69, 9.17) is 9.47 Å². The number of thioether (sulfide) groups is 1. The van der Waals surface area contributed by atoms with Crippen molar-refractivity contribution in [1.82, 2.24) is 30.2 Å². The van der Waals surface area contributed by atoms with Gasteiger partial charge in [-0.15, -0.1) is 5.10 Å². The molecule has 0 unspecified atom stereocenters. The highest BCUT2D eigenvalue weighted by molar-refractivity contribution is 7.99. The molecule has 12 nitrogen and oxygen atoms in total. The van der Waals surface area contributed by atoms with Crippen LogP contribution in [0.5, 0.6) is 5.75 Å². The highest BCUT2D eigenvalue weighted by Crippen LogP contribution is 2.39. The fourth-order valence-corrected chi connectivity index (χ4v) is 6.11. The van der Waals surface area contributed by atoms with Crippen molar-refractivity contribution in [3.63, 3.8) is 0 Å². The number of carbonyl (C=O) groups is 1. The van der Waals surface area contributed by atoms with E-state index in [1.54, 1.807) is 41.1 Å². The number of nitrogens with zero attached hydrogens (tertiary/aromatic N) is 6. The van der Waals surface area contributed by atoms with Crippen LogP contribution in [0.2, 0.25) is 0 Å². The number of aromatic hydroxyl groups is 1. The van der Waals surface area contributed by atoms with Crippen LogP contribution in [0.15, 0.2) is 108 Å². The molecule has 1 aliphatic rings. The predicted octanol–water partition coefficient (Wildman–Crippen LogP) is 5.39. The molecule has 1 saturated heterocycles. The number of benzene rings is 4. The number of ether oxygens (including phenoxy) is 2. The molecule has 47 heavy (non-hydrogen) atoms. The molecule has 3 heterocycles. The van der Waals surface area contributed by atoms with E-state index in [-0.39, 0.29) is 36.2 Å². The van der Waals surface area contributed by atoms with Crippen molar-refractivity contribution in [3.05, 3.63) is 126 Å². The maximum Gasteiger partial charge on any atom is 0.275 e. The van der Waals surface area contributed by atoms with E-state index in [0.717, 1.165) is 27.9 Å². The third kappa shape index (κ3) is 6.98. The van der Waals surface area contributed by atoms with E-state index >= 15 is 0 Å². The molecule has 7 rings (SSSR count). The molecule has 0 aliphatic carbocycles. The fourth-order valence-electron chi connectivity index (χ4n) is 5.20. The third-order valence-electron chi connectivity index (χ3n) is 7.67. The summed E-state index contributed by atoms with van der Waals surface area (Å²) in [5.74, 6) is 0.342. The lowest BCUT2D eigenvalue weighted by molar-refractivity contribution is -0.245.